The first-order valence-electron chi connectivity index (χ1n) is 8.65. The van der Waals surface area contributed by atoms with Gasteiger partial charge in [0.2, 0.25) is 0 Å². The Morgan fingerprint density at radius 3 is 2.46 bits per heavy atom. The molecule has 0 aliphatic carbocycles. The third-order valence-electron chi connectivity index (χ3n) is 4.62. The number of fused-ring (bicyclic) bond motifs is 1. The van der Waals surface area contributed by atoms with Crippen molar-refractivity contribution in [3.05, 3.63) is 89.9 Å². The molecule has 0 aliphatic heterocycles. The Labute approximate surface area is 152 Å². The Hall–Kier alpha value is -3.27. The second-order valence-corrected chi connectivity index (χ2v) is 6.27. The van der Waals surface area contributed by atoms with Crippen LogP contribution in [-0.4, -0.2) is 17.1 Å². The van der Waals surface area contributed by atoms with Gasteiger partial charge in [-0.25, -0.2) is 0 Å². The lowest BCUT2D eigenvalue weighted by Gasteiger charge is -2.21. The van der Waals surface area contributed by atoms with Crippen molar-refractivity contribution < 1.29 is 4.74 Å². The van der Waals surface area contributed by atoms with Crippen LogP contribution in [0.25, 0.3) is 10.9 Å². The van der Waals surface area contributed by atoms with Crippen molar-refractivity contribution >= 4 is 16.6 Å². The largest absolute Gasteiger partial charge is 0.497 e. The molecule has 4 aromatic rings. The summed E-state index contributed by atoms with van der Waals surface area (Å²) < 4.78 is 5.26. The molecule has 1 unspecified atom stereocenters. The maximum atomic E-state index is 5.26. The number of ether oxygens (including phenoxy) is 1. The van der Waals surface area contributed by atoms with Crippen molar-refractivity contribution in [1.29, 1.82) is 0 Å². The highest BCUT2D eigenvalue weighted by Gasteiger charge is 2.21. The molecular weight excluding hydrogens is 322 g/mol. The number of anilines is 1. The molecule has 2 aromatic carbocycles. The van der Waals surface area contributed by atoms with Crippen LogP contribution in [0, 0.1) is 6.92 Å². The number of aromatic amines is 1. The summed E-state index contributed by atoms with van der Waals surface area (Å²) in [5.41, 5.74) is 5.50. The van der Waals surface area contributed by atoms with Gasteiger partial charge in [0.1, 0.15) is 5.75 Å². The zero-order valence-electron chi connectivity index (χ0n) is 14.9. The predicted molar refractivity (Wildman–Crippen MR) is 106 cm³/mol. The molecule has 0 amide bonds. The monoisotopic (exact) mass is 343 g/mol. The number of H-pyrrole nitrogens is 1. The number of aryl methyl sites for hydroxylation is 1. The maximum Gasteiger partial charge on any atom is 0.119 e. The van der Waals surface area contributed by atoms with Crippen LogP contribution in [0.1, 0.15) is 23.0 Å². The first-order valence-corrected chi connectivity index (χ1v) is 8.65. The van der Waals surface area contributed by atoms with E-state index in [2.05, 4.69) is 52.5 Å². The average molecular weight is 343 g/mol. The van der Waals surface area contributed by atoms with E-state index in [9.17, 15) is 0 Å². The molecule has 26 heavy (non-hydrogen) atoms. The van der Waals surface area contributed by atoms with E-state index in [4.69, 9.17) is 4.74 Å². The van der Waals surface area contributed by atoms with Gasteiger partial charge in [0.05, 0.1) is 18.8 Å². The van der Waals surface area contributed by atoms with Crippen LogP contribution in [0.3, 0.4) is 0 Å². The van der Waals surface area contributed by atoms with Crippen LogP contribution in [0.4, 0.5) is 5.69 Å². The van der Waals surface area contributed by atoms with Crippen LogP contribution in [0.15, 0.2) is 72.9 Å². The molecule has 4 rings (SSSR count). The number of hydrogen-bond acceptors (Lipinski definition) is 3. The Kier molecular flexibility index (Phi) is 4.32. The van der Waals surface area contributed by atoms with Gasteiger partial charge >= 0.3 is 0 Å². The lowest BCUT2D eigenvalue weighted by atomic mass is 9.99. The van der Waals surface area contributed by atoms with Gasteiger partial charge in [0.25, 0.3) is 0 Å². The predicted octanol–water partition coefficient (Wildman–Crippen LogP) is 5.08. The van der Waals surface area contributed by atoms with Gasteiger partial charge in [-0.15, -0.1) is 0 Å². The minimum atomic E-state index is -0.0549. The second-order valence-electron chi connectivity index (χ2n) is 6.27. The number of methoxy groups -OCH3 is 1. The summed E-state index contributed by atoms with van der Waals surface area (Å²) in [5.74, 6) is 0.841. The van der Waals surface area contributed by atoms with E-state index in [0.717, 1.165) is 28.3 Å². The molecule has 130 valence electrons. The average Bonchev–Trinajstić information content (AvgIpc) is 3.03. The van der Waals surface area contributed by atoms with Gasteiger partial charge < -0.3 is 15.0 Å². The lowest BCUT2D eigenvalue weighted by molar-refractivity contribution is 0.415. The van der Waals surface area contributed by atoms with Crippen LogP contribution >= 0.6 is 0 Å². The van der Waals surface area contributed by atoms with E-state index in [1.807, 2.05) is 42.6 Å². The van der Waals surface area contributed by atoms with E-state index >= 15 is 0 Å². The van der Waals surface area contributed by atoms with Crippen molar-refractivity contribution in [2.24, 2.45) is 0 Å². The summed E-state index contributed by atoms with van der Waals surface area (Å²) in [6.45, 7) is 2.11. The van der Waals surface area contributed by atoms with Gasteiger partial charge in [-0.2, -0.15) is 0 Å². The van der Waals surface area contributed by atoms with Gasteiger partial charge in [0.15, 0.2) is 0 Å². The first-order chi connectivity index (χ1) is 12.8. The Balaban J connectivity index is 1.81. The van der Waals surface area contributed by atoms with Gasteiger partial charge in [-0.05, 0) is 49.4 Å². The highest BCUT2D eigenvalue weighted by atomic mass is 16.5. The molecule has 0 saturated carbocycles. The molecule has 2 heterocycles. The Bertz CT molecular complexity index is 1010. The van der Waals surface area contributed by atoms with E-state index in [1.54, 1.807) is 7.11 Å². The molecule has 4 nitrogen and oxygen atoms in total. The highest BCUT2D eigenvalue weighted by molar-refractivity contribution is 5.86. The number of para-hydroxylation sites is 1. The molecule has 0 saturated heterocycles. The summed E-state index contributed by atoms with van der Waals surface area (Å²) in [6.07, 6.45) is 1.84. The summed E-state index contributed by atoms with van der Waals surface area (Å²) in [7, 11) is 1.68. The standard InChI is InChI=1S/C22H21N3O/c1-15-21(18-7-3-4-8-19(18)24-15)22(20-9-5-6-14-23-20)25-16-10-12-17(26-2)13-11-16/h3-14,22,24-25H,1-2H3. The summed E-state index contributed by atoms with van der Waals surface area (Å²) in [4.78, 5) is 8.11. The minimum Gasteiger partial charge on any atom is -0.497 e. The molecule has 0 aliphatic rings. The molecule has 2 aromatic heterocycles. The second kappa shape index (κ2) is 6.92. The van der Waals surface area contributed by atoms with E-state index in [1.165, 1.54) is 10.9 Å². The lowest BCUT2D eigenvalue weighted by Crippen LogP contribution is -2.14. The fraction of sp³-hybridized carbons (Fsp3) is 0.136. The number of benzene rings is 2. The number of pyridine rings is 1. The van der Waals surface area contributed by atoms with Gasteiger partial charge in [-0.1, -0.05) is 24.3 Å². The van der Waals surface area contributed by atoms with Crippen LogP contribution in [0.5, 0.6) is 5.75 Å². The third-order valence-corrected chi connectivity index (χ3v) is 4.62. The number of nitrogens with one attached hydrogen (secondary N) is 2. The molecule has 4 heteroatoms. The van der Waals surface area contributed by atoms with E-state index in [-0.39, 0.29) is 6.04 Å². The van der Waals surface area contributed by atoms with Crippen molar-refractivity contribution in [2.75, 3.05) is 12.4 Å². The summed E-state index contributed by atoms with van der Waals surface area (Å²) >= 11 is 0. The van der Waals surface area contributed by atoms with E-state index in [0.29, 0.717) is 0 Å². The normalized spacial score (nSPS) is 12.1. The van der Waals surface area contributed by atoms with Crippen molar-refractivity contribution in [3.8, 4) is 5.75 Å². The van der Waals surface area contributed by atoms with Gasteiger partial charge in [0, 0.05) is 34.0 Å². The summed E-state index contributed by atoms with van der Waals surface area (Å²) in [5, 5.41) is 4.85. The summed E-state index contributed by atoms with van der Waals surface area (Å²) in [6, 6.07) is 22.3. The molecular formula is C22H21N3O. The fourth-order valence-electron chi connectivity index (χ4n) is 3.36. The van der Waals surface area contributed by atoms with E-state index < -0.39 is 0 Å². The minimum absolute atomic E-state index is 0.0549. The van der Waals surface area contributed by atoms with Gasteiger partial charge in [-0.3, -0.25) is 4.98 Å². The molecule has 1 atom stereocenters. The third kappa shape index (κ3) is 3.02. The molecule has 0 bridgehead atoms. The Morgan fingerprint density at radius 1 is 0.962 bits per heavy atom. The van der Waals surface area contributed by atoms with Crippen molar-refractivity contribution in [3.63, 3.8) is 0 Å². The SMILES string of the molecule is COc1ccc(NC(c2ccccn2)c2c(C)[nH]c3ccccc23)cc1. The van der Waals surface area contributed by atoms with Crippen molar-refractivity contribution in [1.82, 2.24) is 9.97 Å². The molecule has 0 spiro atoms. The molecule has 2 N–H and O–H groups in total. The number of aromatic nitrogens is 2. The first kappa shape index (κ1) is 16.2. The zero-order chi connectivity index (χ0) is 17.9. The van der Waals surface area contributed by atoms with Crippen LogP contribution < -0.4 is 10.1 Å². The highest BCUT2D eigenvalue weighted by Crippen LogP contribution is 2.34. The Morgan fingerprint density at radius 2 is 1.73 bits per heavy atom. The quantitative estimate of drug-likeness (QED) is 0.531. The number of hydrogen-bond donors (Lipinski definition) is 2. The fourth-order valence-corrected chi connectivity index (χ4v) is 3.36. The zero-order valence-corrected chi connectivity index (χ0v) is 14.9. The number of rotatable bonds is 5. The number of nitrogens with zero attached hydrogens (tertiary/aromatic N) is 1. The van der Waals surface area contributed by atoms with Crippen molar-refractivity contribution in [2.45, 2.75) is 13.0 Å². The van der Waals surface area contributed by atoms with Crippen LogP contribution in [-0.2, 0) is 0 Å². The molecule has 0 fully saturated rings. The maximum absolute atomic E-state index is 5.26. The molecule has 0 radical (unpaired) electrons. The topological polar surface area (TPSA) is 49.9 Å². The van der Waals surface area contributed by atoms with Crippen LogP contribution in [0.2, 0.25) is 0 Å². The smallest absolute Gasteiger partial charge is 0.119 e.